The van der Waals surface area contributed by atoms with Crippen LogP contribution in [-0.4, -0.2) is 57.4 Å². The standard InChI is InChI=1S/C26H29N5O4S/c1-4-36(33,34)24-11-10-17(16-28-24)35-22-15-20-19(29-25(30-20)18-8-5-6-12-27-18)14-21(22)31-13-7-9-23(31)26(2,3)32/h5-6,8,10-12,14-16,23,32H,4,7,9,13H2,1-3H3,(H,29,30)/t23-/m1/s1. The van der Waals surface area contributed by atoms with Crippen LogP contribution in [0.25, 0.3) is 22.6 Å². The number of aliphatic hydroxyl groups is 1. The Morgan fingerprint density at radius 1 is 1.19 bits per heavy atom. The summed E-state index contributed by atoms with van der Waals surface area (Å²) in [7, 11) is -3.41. The monoisotopic (exact) mass is 507 g/mol. The highest BCUT2D eigenvalue weighted by Gasteiger charge is 2.37. The van der Waals surface area contributed by atoms with Gasteiger partial charge in [0.1, 0.15) is 11.4 Å². The average molecular weight is 508 g/mol. The number of hydrogen-bond donors (Lipinski definition) is 2. The second kappa shape index (κ2) is 9.18. The number of anilines is 1. The third-order valence-corrected chi connectivity index (χ3v) is 8.12. The molecule has 9 nitrogen and oxygen atoms in total. The van der Waals surface area contributed by atoms with Gasteiger partial charge in [-0.05, 0) is 57.0 Å². The van der Waals surface area contributed by atoms with Crippen molar-refractivity contribution in [2.75, 3.05) is 17.2 Å². The molecule has 36 heavy (non-hydrogen) atoms. The van der Waals surface area contributed by atoms with Crippen LogP contribution in [0.1, 0.15) is 33.6 Å². The van der Waals surface area contributed by atoms with Crippen LogP contribution in [0.3, 0.4) is 0 Å². The van der Waals surface area contributed by atoms with Crippen LogP contribution in [0.2, 0.25) is 0 Å². The summed E-state index contributed by atoms with van der Waals surface area (Å²) in [6.07, 6.45) is 4.93. The van der Waals surface area contributed by atoms with E-state index in [1.807, 2.05) is 44.2 Å². The summed E-state index contributed by atoms with van der Waals surface area (Å²) in [6, 6.07) is 12.4. The predicted molar refractivity (Wildman–Crippen MR) is 138 cm³/mol. The molecule has 10 heteroatoms. The molecular formula is C26H29N5O4S. The summed E-state index contributed by atoms with van der Waals surface area (Å²) in [6.45, 7) is 5.99. The molecule has 3 aromatic heterocycles. The van der Waals surface area contributed by atoms with Gasteiger partial charge in [-0.15, -0.1) is 0 Å². The fraction of sp³-hybridized carbons (Fsp3) is 0.346. The van der Waals surface area contributed by atoms with Gasteiger partial charge in [-0.25, -0.2) is 18.4 Å². The van der Waals surface area contributed by atoms with Crippen LogP contribution >= 0.6 is 0 Å². The van der Waals surface area contributed by atoms with Crippen molar-refractivity contribution in [2.24, 2.45) is 0 Å². The molecule has 1 atom stereocenters. The van der Waals surface area contributed by atoms with Crippen LogP contribution in [0.15, 0.2) is 59.9 Å². The minimum atomic E-state index is -3.41. The number of sulfone groups is 1. The molecule has 1 aromatic carbocycles. The largest absolute Gasteiger partial charge is 0.453 e. The summed E-state index contributed by atoms with van der Waals surface area (Å²) < 4.78 is 30.5. The Bertz CT molecular complexity index is 1480. The zero-order chi connectivity index (χ0) is 25.5. The second-order valence-corrected chi connectivity index (χ2v) is 11.7. The quantitative estimate of drug-likeness (QED) is 0.379. The highest BCUT2D eigenvalue weighted by molar-refractivity contribution is 7.91. The van der Waals surface area contributed by atoms with E-state index in [1.165, 1.54) is 12.3 Å². The maximum atomic E-state index is 12.1. The Morgan fingerprint density at radius 2 is 2.03 bits per heavy atom. The highest BCUT2D eigenvalue weighted by atomic mass is 32.2. The first kappa shape index (κ1) is 24.2. The van der Waals surface area contributed by atoms with E-state index >= 15 is 0 Å². The molecule has 0 spiro atoms. The number of H-pyrrole nitrogens is 1. The number of nitrogens with zero attached hydrogens (tertiary/aromatic N) is 4. The minimum Gasteiger partial charge on any atom is -0.453 e. The molecule has 0 bridgehead atoms. The van der Waals surface area contributed by atoms with Gasteiger partial charge in [0, 0.05) is 18.8 Å². The van der Waals surface area contributed by atoms with Gasteiger partial charge < -0.3 is 19.7 Å². The molecule has 188 valence electrons. The van der Waals surface area contributed by atoms with Crippen molar-refractivity contribution in [1.29, 1.82) is 0 Å². The van der Waals surface area contributed by atoms with Crippen LogP contribution in [0.4, 0.5) is 5.69 Å². The number of aromatic nitrogens is 4. The molecule has 1 fully saturated rings. The summed E-state index contributed by atoms with van der Waals surface area (Å²) in [5, 5.41) is 10.9. The molecule has 0 saturated carbocycles. The first-order valence-corrected chi connectivity index (χ1v) is 13.6. The lowest BCUT2D eigenvalue weighted by atomic mass is 9.96. The van der Waals surface area contributed by atoms with Gasteiger partial charge in [0.05, 0.1) is 40.3 Å². The molecule has 1 saturated heterocycles. The number of benzene rings is 1. The molecule has 1 aliphatic rings. The van der Waals surface area contributed by atoms with Crippen molar-refractivity contribution < 1.29 is 18.3 Å². The number of imidazole rings is 1. The fourth-order valence-corrected chi connectivity index (χ4v) is 5.42. The Labute approximate surface area is 210 Å². The zero-order valence-corrected chi connectivity index (χ0v) is 21.3. The lowest BCUT2D eigenvalue weighted by molar-refractivity contribution is 0.0534. The third-order valence-electron chi connectivity index (χ3n) is 6.48. The lowest BCUT2D eigenvalue weighted by Crippen LogP contribution is -2.45. The number of rotatable bonds is 7. The Balaban J connectivity index is 1.58. The summed E-state index contributed by atoms with van der Waals surface area (Å²) in [5.41, 5.74) is 2.15. The first-order valence-electron chi connectivity index (χ1n) is 12.0. The van der Waals surface area contributed by atoms with Crippen molar-refractivity contribution >= 4 is 26.6 Å². The fourth-order valence-electron chi connectivity index (χ4n) is 4.63. The maximum absolute atomic E-state index is 12.1. The van der Waals surface area contributed by atoms with Crippen LogP contribution in [0.5, 0.6) is 11.5 Å². The van der Waals surface area contributed by atoms with E-state index < -0.39 is 15.4 Å². The van der Waals surface area contributed by atoms with E-state index in [-0.39, 0.29) is 16.8 Å². The number of hydrogen-bond acceptors (Lipinski definition) is 8. The molecule has 0 amide bonds. The third kappa shape index (κ3) is 4.66. The van der Waals surface area contributed by atoms with Crippen LogP contribution in [-0.2, 0) is 9.84 Å². The van der Waals surface area contributed by atoms with Crippen molar-refractivity contribution in [3.8, 4) is 23.0 Å². The number of fused-ring (bicyclic) bond motifs is 1. The maximum Gasteiger partial charge on any atom is 0.195 e. The minimum absolute atomic E-state index is 0.0157. The van der Waals surface area contributed by atoms with Gasteiger partial charge in [0.2, 0.25) is 0 Å². The van der Waals surface area contributed by atoms with Gasteiger partial charge >= 0.3 is 0 Å². The van der Waals surface area contributed by atoms with E-state index in [9.17, 15) is 13.5 Å². The Hall–Kier alpha value is -3.50. The molecule has 0 radical (unpaired) electrons. The normalized spacial score (nSPS) is 16.6. The van der Waals surface area contributed by atoms with Gasteiger partial charge in [-0.3, -0.25) is 4.98 Å². The molecule has 4 heterocycles. The molecule has 0 unspecified atom stereocenters. The van der Waals surface area contributed by atoms with E-state index in [0.717, 1.165) is 36.3 Å². The van der Waals surface area contributed by atoms with Crippen molar-refractivity contribution in [2.45, 2.75) is 50.3 Å². The molecule has 2 N–H and O–H groups in total. The van der Waals surface area contributed by atoms with Crippen molar-refractivity contribution in [3.05, 3.63) is 54.9 Å². The van der Waals surface area contributed by atoms with Crippen molar-refractivity contribution in [1.82, 2.24) is 19.9 Å². The summed E-state index contributed by atoms with van der Waals surface area (Å²) >= 11 is 0. The molecular weight excluding hydrogens is 478 g/mol. The zero-order valence-electron chi connectivity index (χ0n) is 20.5. The number of nitrogens with one attached hydrogen (secondary N) is 1. The second-order valence-electron chi connectivity index (χ2n) is 9.48. The van der Waals surface area contributed by atoms with Crippen LogP contribution in [0, 0.1) is 0 Å². The molecule has 5 rings (SSSR count). The Kier molecular flexibility index (Phi) is 6.17. The van der Waals surface area contributed by atoms with Gasteiger partial charge in [-0.2, -0.15) is 0 Å². The molecule has 1 aliphatic heterocycles. The first-order chi connectivity index (χ1) is 17.2. The lowest BCUT2D eigenvalue weighted by Gasteiger charge is -2.36. The van der Waals surface area contributed by atoms with E-state index in [2.05, 4.69) is 19.9 Å². The summed E-state index contributed by atoms with van der Waals surface area (Å²) in [4.78, 5) is 18.7. The smallest absolute Gasteiger partial charge is 0.195 e. The highest BCUT2D eigenvalue weighted by Crippen LogP contribution is 2.41. The van der Waals surface area contributed by atoms with Crippen LogP contribution < -0.4 is 9.64 Å². The summed E-state index contributed by atoms with van der Waals surface area (Å²) in [5.74, 6) is 1.58. The topological polar surface area (TPSA) is 121 Å². The van der Waals surface area contributed by atoms with Gasteiger partial charge in [-0.1, -0.05) is 13.0 Å². The predicted octanol–water partition coefficient (Wildman–Crippen LogP) is 4.35. The number of aromatic amines is 1. The Morgan fingerprint density at radius 3 is 2.69 bits per heavy atom. The van der Waals surface area contributed by atoms with Gasteiger partial charge in [0.15, 0.2) is 26.4 Å². The average Bonchev–Trinajstić information content (AvgIpc) is 3.52. The van der Waals surface area contributed by atoms with Crippen molar-refractivity contribution in [3.63, 3.8) is 0 Å². The molecule has 4 aromatic rings. The van der Waals surface area contributed by atoms with E-state index in [4.69, 9.17) is 9.72 Å². The number of pyridine rings is 2. The SMILES string of the molecule is CCS(=O)(=O)c1ccc(Oc2cc3nc(-c4ccccn4)[nH]c3cc2N2CCC[C@@H]2C(C)(C)O)cn1. The van der Waals surface area contributed by atoms with Gasteiger partial charge in [0.25, 0.3) is 0 Å². The van der Waals surface area contributed by atoms with E-state index in [0.29, 0.717) is 22.8 Å². The van der Waals surface area contributed by atoms with E-state index in [1.54, 1.807) is 19.2 Å². The number of ether oxygens (including phenoxy) is 1. The molecule has 0 aliphatic carbocycles.